The molecule has 2 aliphatic heterocycles. The fraction of sp³-hybridized carbons (Fsp3) is 0.706. The molecule has 0 aromatic heterocycles. The molecule has 0 saturated heterocycles. The van der Waals surface area contributed by atoms with E-state index in [1.165, 1.54) is 0 Å². The smallest absolute Gasteiger partial charge is 0.336 e. The predicted molar refractivity (Wildman–Crippen MR) is 81.8 cm³/mol. The quantitative estimate of drug-likeness (QED) is 0.633. The van der Waals surface area contributed by atoms with Crippen molar-refractivity contribution in [3.8, 4) is 0 Å². The molecule has 2 N–H and O–H groups in total. The van der Waals surface area contributed by atoms with E-state index in [-0.39, 0.29) is 30.0 Å². The molecule has 0 aromatic rings. The van der Waals surface area contributed by atoms with Gasteiger partial charge in [-0.3, -0.25) is 0 Å². The predicted octanol–water partition coefficient (Wildman–Crippen LogP) is 1.78. The van der Waals surface area contributed by atoms with Gasteiger partial charge in [0, 0.05) is 24.3 Å². The molecule has 0 radical (unpaired) electrons. The van der Waals surface area contributed by atoms with Gasteiger partial charge in [0.05, 0.1) is 24.5 Å². The van der Waals surface area contributed by atoms with Crippen molar-refractivity contribution in [2.24, 2.45) is 23.5 Å². The minimum atomic E-state index is -0.247. The van der Waals surface area contributed by atoms with Gasteiger partial charge in [-0.05, 0) is 26.3 Å². The third-order valence-corrected chi connectivity index (χ3v) is 5.18. The van der Waals surface area contributed by atoms with E-state index in [0.717, 1.165) is 17.8 Å². The standard InChI is InChI=1S/C17H25NO4/c1-9-6-12-7-13-10(2)14(8-20-5-4-18)17(19)22-16(13)11(3)15(12)21-9/h6,11-13,15-16H,4-5,7-8,18H2,1-3H3. The Kier molecular flexibility index (Phi) is 4.28. The summed E-state index contributed by atoms with van der Waals surface area (Å²) in [5.41, 5.74) is 7.21. The molecule has 5 atom stereocenters. The largest absolute Gasteiger partial charge is 0.494 e. The fourth-order valence-electron chi connectivity index (χ4n) is 4.04. The molecule has 1 fully saturated rings. The van der Waals surface area contributed by atoms with Crippen molar-refractivity contribution in [3.63, 3.8) is 0 Å². The van der Waals surface area contributed by atoms with Crippen molar-refractivity contribution >= 4 is 5.97 Å². The summed E-state index contributed by atoms with van der Waals surface area (Å²) in [7, 11) is 0. The first kappa shape index (κ1) is 15.6. The summed E-state index contributed by atoms with van der Waals surface area (Å²) >= 11 is 0. The molecule has 122 valence electrons. The highest BCUT2D eigenvalue weighted by Gasteiger charge is 2.50. The van der Waals surface area contributed by atoms with Crippen LogP contribution in [0, 0.1) is 17.8 Å². The van der Waals surface area contributed by atoms with Crippen LogP contribution in [0.3, 0.4) is 0 Å². The Balaban J connectivity index is 1.82. The molecule has 0 amide bonds. The van der Waals surface area contributed by atoms with Gasteiger partial charge in [0.2, 0.25) is 0 Å². The lowest BCUT2D eigenvalue weighted by Gasteiger charge is -2.45. The second kappa shape index (κ2) is 6.05. The highest BCUT2D eigenvalue weighted by atomic mass is 16.6. The monoisotopic (exact) mass is 307 g/mol. The van der Waals surface area contributed by atoms with Crippen molar-refractivity contribution in [1.82, 2.24) is 0 Å². The number of hydrogen-bond donors (Lipinski definition) is 1. The first-order chi connectivity index (χ1) is 10.5. The Labute approximate surface area is 131 Å². The van der Waals surface area contributed by atoms with Crippen LogP contribution in [-0.4, -0.2) is 37.9 Å². The molecule has 0 bridgehead atoms. The molecule has 0 aromatic carbocycles. The van der Waals surface area contributed by atoms with Crippen LogP contribution in [-0.2, 0) is 19.0 Å². The van der Waals surface area contributed by atoms with E-state index in [4.69, 9.17) is 19.9 Å². The van der Waals surface area contributed by atoms with Crippen molar-refractivity contribution < 1.29 is 19.0 Å². The number of esters is 1. The summed E-state index contributed by atoms with van der Waals surface area (Å²) in [6, 6.07) is 0. The minimum Gasteiger partial charge on any atom is -0.494 e. The van der Waals surface area contributed by atoms with Gasteiger partial charge in [-0.2, -0.15) is 0 Å². The first-order valence-electron chi connectivity index (χ1n) is 8.06. The van der Waals surface area contributed by atoms with Crippen LogP contribution in [0.5, 0.6) is 0 Å². The number of ether oxygens (including phenoxy) is 3. The topological polar surface area (TPSA) is 70.8 Å². The number of fused-ring (bicyclic) bond motifs is 2. The lowest BCUT2D eigenvalue weighted by Crippen LogP contribution is -2.50. The Bertz CT molecular complexity index is 525. The summed E-state index contributed by atoms with van der Waals surface area (Å²) in [5, 5.41) is 0. The van der Waals surface area contributed by atoms with Crippen molar-refractivity contribution in [3.05, 3.63) is 23.0 Å². The highest BCUT2D eigenvalue weighted by molar-refractivity contribution is 5.90. The van der Waals surface area contributed by atoms with E-state index in [9.17, 15) is 4.79 Å². The van der Waals surface area contributed by atoms with E-state index < -0.39 is 0 Å². The van der Waals surface area contributed by atoms with Crippen LogP contribution in [0.1, 0.15) is 27.2 Å². The molecular weight excluding hydrogens is 282 g/mol. The second-order valence-corrected chi connectivity index (χ2v) is 6.60. The van der Waals surface area contributed by atoms with Gasteiger partial charge in [-0.15, -0.1) is 0 Å². The molecule has 1 aliphatic carbocycles. The number of carbonyl (C=O) groups excluding carboxylic acids is 1. The van der Waals surface area contributed by atoms with Crippen molar-refractivity contribution in [2.45, 2.75) is 39.4 Å². The Morgan fingerprint density at radius 1 is 1.32 bits per heavy atom. The van der Waals surface area contributed by atoms with E-state index in [2.05, 4.69) is 13.0 Å². The summed E-state index contributed by atoms with van der Waals surface area (Å²) in [6.07, 6.45) is 3.23. The van der Waals surface area contributed by atoms with E-state index in [1.807, 2.05) is 13.8 Å². The zero-order valence-corrected chi connectivity index (χ0v) is 13.5. The molecule has 22 heavy (non-hydrogen) atoms. The molecular formula is C17H25NO4. The van der Waals surface area contributed by atoms with E-state index >= 15 is 0 Å². The van der Waals surface area contributed by atoms with Crippen molar-refractivity contribution in [1.29, 1.82) is 0 Å². The molecule has 5 unspecified atom stereocenters. The lowest BCUT2D eigenvalue weighted by molar-refractivity contribution is -0.161. The highest BCUT2D eigenvalue weighted by Crippen LogP contribution is 2.47. The van der Waals surface area contributed by atoms with Crippen LogP contribution in [0.25, 0.3) is 0 Å². The Hall–Kier alpha value is -1.33. The molecule has 1 saturated carbocycles. The first-order valence-corrected chi connectivity index (χ1v) is 8.06. The average molecular weight is 307 g/mol. The third-order valence-electron chi connectivity index (χ3n) is 5.18. The van der Waals surface area contributed by atoms with Crippen LogP contribution in [0.2, 0.25) is 0 Å². The zero-order chi connectivity index (χ0) is 15.9. The number of allylic oxidation sites excluding steroid dienone is 1. The van der Waals surface area contributed by atoms with Gasteiger partial charge < -0.3 is 19.9 Å². The number of nitrogens with two attached hydrogens (primary N) is 1. The Morgan fingerprint density at radius 2 is 2.09 bits per heavy atom. The zero-order valence-electron chi connectivity index (χ0n) is 13.5. The Morgan fingerprint density at radius 3 is 2.82 bits per heavy atom. The van der Waals surface area contributed by atoms with E-state index in [0.29, 0.717) is 31.2 Å². The maximum absolute atomic E-state index is 12.3. The third kappa shape index (κ3) is 2.57. The number of carbonyl (C=O) groups is 1. The van der Waals surface area contributed by atoms with E-state index in [1.54, 1.807) is 0 Å². The SMILES string of the molecule is CC1=CC2CC3C(C)=C(COCCN)C(=O)OC3C(C)C2O1. The molecule has 0 spiro atoms. The second-order valence-electron chi connectivity index (χ2n) is 6.60. The van der Waals surface area contributed by atoms with Gasteiger partial charge >= 0.3 is 5.97 Å². The summed E-state index contributed by atoms with van der Waals surface area (Å²) in [5.74, 6) is 1.61. The molecule has 3 aliphatic rings. The molecule has 2 heterocycles. The average Bonchev–Trinajstić information content (AvgIpc) is 2.85. The summed E-state index contributed by atoms with van der Waals surface area (Å²) < 4.78 is 17.1. The molecule has 5 nitrogen and oxygen atoms in total. The van der Waals surface area contributed by atoms with Crippen LogP contribution in [0.15, 0.2) is 23.0 Å². The fourth-order valence-corrected chi connectivity index (χ4v) is 4.04. The molecule has 5 heteroatoms. The maximum atomic E-state index is 12.3. The number of rotatable bonds is 4. The van der Waals surface area contributed by atoms with Gasteiger partial charge in [-0.25, -0.2) is 4.79 Å². The maximum Gasteiger partial charge on any atom is 0.336 e. The minimum absolute atomic E-state index is 0.0914. The van der Waals surface area contributed by atoms with Gasteiger partial charge in [0.1, 0.15) is 12.2 Å². The molecule has 3 rings (SSSR count). The summed E-state index contributed by atoms with van der Waals surface area (Å²) in [4.78, 5) is 12.3. The van der Waals surface area contributed by atoms with Gasteiger partial charge in [0.15, 0.2) is 0 Å². The summed E-state index contributed by atoms with van der Waals surface area (Å²) in [6.45, 7) is 7.36. The van der Waals surface area contributed by atoms with Gasteiger partial charge in [-0.1, -0.05) is 12.5 Å². The van der Waals surface area contributed by atoms with Crippen LogP contribution < -0.4 is 5.73 Å². The van der Waals surface area contributed by atoms with Crippen molar-refractivity contribution in [2.75, 3.05) is 19.8 Å². The normalized spacial score (nSPS) is 37.2. The van der Waals surface area contributed by atoms with Crippen LogP contribution >= 0.6 is 0 Å². The van der Waals surface area contributed by atoms with Gasteiger partial charge in [0.25, 0.3) is 0 Å². The number of hydrogen-bond acceptors (Lipinski definition) is 5. The lowest BCUT2D eigenvalue weighted by atomic mass is 9.68. The van der Waals surface area contributed by atoms with Crippen LogP contribution in [0.4, 0.5) is 0 Å².